The van der Waals surface area contributed by atoms with E-state index < -0.39 is 0 Å². The van der Waals surface area contributed by atoms with Crippen LogP contribution < -0.4 is 5.56 Å². The van der Waals surface area contributed by atoms with Gasteiger partial charge in [0.15, 0.2) is 0 Å². The summed E-state index contributed by atoms with van der Waals surface area (Å²) in [5, 5.41) is 1.15. The van der Waals surface area contributed by atoms with Crippen molar-refractivity contribution >= 4 is 40.6 Å². The summed E-state index contributed by atoms with van der Waals surface area (Å²) >= 11 is 18.1. The van der Waals surface area contributed by atoms with Crippen molar-refractivity contribution in [3.63, 3.8) is 0 Å². The highest BCUT2D eigenvalue weighted by Crippen LogP contribution is 2.27. The summed E-state index contributed by atoms with van der Waals surface area (Å²) in [7, 11) is 0. The number of halogens is 3. The Balaban J connectivity index is 2.19. The van der Waals surface area contributed by atoms with Crippen molar-refractivity contribution in [2.24, 2.45) is 0 Å². The minimum absolute atomic E-state index is 0.163. The Labute approximate surface area is 135 Å². The van der Waals surface area contributed by atoms with E-state index in [1.54, 1.807) is 12.3 Å². The number of imidazole rings is 1. The van der Waals surface area contributed by atoms with Crippen molar-refractivity contribution in [3.05, 3.63) is 67.3 Å². The standard InChI is InChI=1S/C14H10Cl3N3O/c1-8-6-20-12(21)5-11(16)18-14(20)19(8)7-9-3-2-4-10(15)13(9)17/h2-6H,7H2,1H3. The third-order valence-corrected chi connectivity index (χ3v) is 4.30. The molecule has 21 heavy (non-hydrogen) atoms. The molecule has 1 aromatic carbocycles. The van der Waals surface area contributed by atoms with Crippen molar-refractivity contribution in [2.75, 3.05) is 0 Å². The second-order valence-corrected chi connectivity index (χ2v) is 5.83. The van der Waals surface area contributed by atoms with Crippen LogP contribution in [0.2, 0.25) is 15.2 Å². The van der Waals surface area contributed by atoms with Crippen LogP contribution in [0.25, 0.3) is 5.78 Å². The van der Waals surface area contributed by atoms with Crippen LogP contribution in [0.5, 0.6) is 0 Å². The highest BCUT2D eigenvalue weighted by molar-refractivity contribution is 6.42. The fraction of sp³-hybridized carbons (Fsp3) is 0.143. The average molecular weight is 343 g/mol. The maximum Gasteiger partial charge on any atom is 0.260 e. The van der Waals surface area contributed by atoms with Crippen LogP contribution in [-0.4, -0.2) is 14.0 Å². The van der Waals surface area contributed by atoms with Gasteiger partial charge < -0.3 is 4.57 Å². The second kappa shape index (κ2) is 5.37. The van der Waals surface area contributed by atoms with Gasteiger partial charge in [0.25, 0.3) is 5.56 Å². The quantitative estimate of drug-likeness (QED) is 0.664. The topological polar surface area (TPSA) is 39.3 Å². The highest BCUT2D eigenvalue weighted by atomic mass is 35.5. The SMILES string of the molecule is Cc1cn2c(=O)cc(Cl)nc2n1Cc1cccc(Cl)c1Cl. The molecule has 2 heterocycles. The van der Waals surface area contributed by atoms with Gasteiger partial charge in [0.1, 0.15) is 5.15 Å². The summed E-state index contributed by atoms with van der Waals surface area (Å²) in [5.41, 5.74) is 1.50. The monoisotopic (exact) mass is 341 g/mol. The van der Waals surface area contributed by atoms with Crippen molar-refractivity contribution in [1.82, 2.24) is 14.0 Å². The molecule has 0 radical (unpaired) electrons. The Morgan fingerprint density at radius 2 is 2.00 bits per heavy atom. The van der Waals surface area contributed by atoms with Gasteiger partial charge in [-0.15, -0.1) is 0 Å². The van der Waals surface area contributed by atoms with Crippen LogP contribution in [-0.2, 0) is 6.54 Å². The molecule has 0 aliphatic carbocycles. The maximum absolute atomic E-state index is 11.9. The molecule has 108 valence electrons. The van der Waals surface area contributed by atoms with E-state index >= 15 is 0 Å². The molecule has 0 bridgehead atoms. The summed E-state index contributed by atoms with van der Waals surface area (Å²) in [5.74, 6) is 0.473. The minimum atomic E-state index is -0.218. The Hall–Kier alpha value is -1.49. The predicted octanol–water partition coefficient (Wildman–Crippen LogP) is 3.81. The van der Waals surface area contributed by atoms with Gasteiger partial charge in [0.05, 0.1) is 16.6 Å². The third-order valence-electron chi connectivity index (χ3n) is 3.25. The van der Waals surface area contributed by atoms with Gasteiger partial charge in [-0.05, 0) is 18.6 Å². The molecule has 0 aliphatic rings. The number of aryl methyl sites for hydroxylation is 1. The lowest BCUT2D eigenvalue weighted by Crippen LogP contribution is -2.13. The molecule has 0 atom stereocenters. The Kier molecular flexibility index (Phi) is 3.69. The van der Waals surface area contributed by atoms with Crippen molar-refractivity contribution in [1.29, 1.82) is 0 Å². The zero-order chi connectivity index (χ0) is 15.1. The third kappa shape index (κ3) is 2.55. The zero-order valence-corrected chi connectivity index (χ0v) is 13.2. The average Bonchev–Trinajstić information content (AvgIpc) is 2.73. The molecule has 3 rings (SSSR count). The molecule has 0 aliphatic heterocycles. The highest BCUT2D eigenvalue weighted by Gasteiger charge is 2.12. The molecule has 7 heteroatoms. The molecule has 0 N–H and O–H groups in total. The molecule has 0 fully saturated rings. The minimum Gasteiger partial charge on any atom is -0.310 e. The van der Waals surface area contributed by atoms with Gasteiger partial charge in [0, 0.05) is 18.0 Å². The molecular weight excluding hydrogens is 333 g/mol. The molecule has 4 nitrogen and oxygen atoms in total. The van der Waals surface area contributed by atoms with Crippen LogP contribution in [0.3, 0.4) is 0 Å². The molecule has 2 aromatic heterocycles. The van der Waals surface area contributed by atoms with Crippen LogP contribution in [0.15, 0.2) is 35.3 Å². The summed E-state index contributed by atoms with van der Waals surface area (Å²) in [6.07, 6.45) is 1.72. The van der Waals surface area contributed by atoms with Gasteiger partial charge in [-0.2, -0.15) is 0 Å². The van der Waals surface area contributed by atoms with E-state index in [-0.39, 0.29) is 10.7 Å². The molecular formula is C14H10Cl3N3O. The van der Waals surface area contributed by atoms with Crippen molar-refractivity contribution in [3.8, 4) is 0 Å². The number of rotatable bonds is 2. The summed E-state index contributed by atoms with van der Waals surface area (Å²) < 4.78 is 3.32. The van der Waals surface area contributed by atoms with Gasteiger partial charge in [-0.1, -0.05) is 46.9 Å². The Bertz CT molecular complexity index is 898. The van der Waals surface area contributed by atoms with Crippen LogP contribution in [0, 0.1) is 6.92 Å². The first-order valence-electron chi connectivity index (χ1n) is 6.15. The second-order valence-electron chi connectivity index (χ2n) is 4.66. The van der Waals surface area contributed by atoms with Crippen LogP contribution in [0.1, 0.15) is 11.3 Å². The Morgan fingerprint density at radius 1 is 1.24 bits per heavy atom. The van der Waals surface area contributed by atoms with E-state index in [0.29, 0.717) is 22.4 Å². The summed E-state index contributed by atoms with van der Waals surface area (Å²) in [4.78, 5) is 16.1. The maximum atomic E-state index is 11.9. The lowest BCUT2D eigenvalue weighted by atomic mass is 10.2. The normalized spacial score (nSPS) is 11.2. The van der Waals surface area contributed by atoms with E-state index in [1.165, 1.54) is 10.5 Å². The number of nitrogens with zero attached hydrogens (tertiary/aromatic N) is 3. The number of fused-ring (bicyclic) bond motifs is 1. The van der Waals surface area contributed by atoms with E-state index in [9.17, 15) is 4.79 Å². The molecule has 0 spiro atoms. The van der Waals surface area contributed by atoms with Gasteiger partial charge in [-0.3, -0.25) is 9.20 Å². The smallest absolute Gasteiger partial charge is 0.260 e. The number of hydrogen-bond acceptors (Lipinski definition) is 2. The summed E-state index contributed by atoms with van der Waals surface area (Å²) in [6, 6.07) is 6.72. The first-order chi connectivity index (χ1) is 9.97. The van der Waals surface area contributed by atoms with Crippen molar-refractivity contribution in [2.45, 2.75) is 13.5 Å². The molecule has 0 unspecified atom stereocenters. The van der Waals surface area contributed by atoms with Gasteiger partial charge in [0.2, 0.25) is 5.78 Å². The first-order valence-corrected chi connectivity index (χ1v) is 7.28. The first kappa shape index (κ1) is 14.4. The van der Waals surface area contributed by atoms with Crippen LogP contribution in [0.4, 0.5) is 0 Å². The number of hydrogen-bond donors (Lipinski definition) is 0. The summed E-state index contributed by atoms with van der Waals surface area (Å²) in [6.45, 7) is 2.34. The molecule has 0 saturated heterocycles. The zero-order valence-electron chi connectivity index (χ0n) is 11.0. The largest absolute Gasteiger partial charge is 0.310 e. The molecule has 0 saturated carbocycles. The lowest BCUT2D eigenvalue weighted by molar-refractivity contribution is 0.785. The van der Waals surface area contributed by atoms with Crippen molar-refractivity contribution < 1.29 is 0 Å². The van der Waals surface area contributed by atoms with Gasteiger partial charge in [-0.25, -0.2) is 4.98 Å². The van der Waals surface area contributed by atoms with E-state index in [0.717, 1.165) is 11.3 Å². The van der Waals surface area contributed by atoms with E-state index in [2.05, 4.69) is 4.98 Å². The van der Waals surface area contributed by atoms with E-state index in [4.69, 9.17) is 34.8 Å². The fourth-order valence-corrected chi connectivity index (χ4v) is 2.76. The number of benzene rings is 1. The fourth-order valence-electron chi connectivity index (χ4n) is 2.21. The number of aromatic nitrogens is 3. The lowest BCUT2D eigenvalue weighted by Gasteiger charge is -2.09. The Morgan fingerprint density at radius 3 is 2.76 bits per heavy atom. The van der Waals surface area contributed by atoms with E-state index in [1.807, 2.05) is 23.6 Å². The van der Waals surface area contributed by atoms with Crippen LogP contribution >= 0.6 is 34.8 Å². The molecule has 0 amide bonds. The van der Waals surface area contributed by atoms with Gasteiger partial charge >= 0.3 is 0 Å². The predicted molar refractivity (Wildman–Crippen MR) is 84.8 cm³/mol. The molecule has 3 aromatic rings.